The predicted octanol–water partition coefficient (Wildman–Crippen LogP) is 0.547. The lowest BCUT2D eigenvalue weighted by Gasteiger charge is -2.26. The summed E-state index contributed by atoms with van der Waals surface area (Å²) in [5.41, 5.74) is 3.67. The van der Waals surface area contributed by atoms with Crippen LogP contribution < -0.4 is 10.6 Å². The number of likely N-dealkylation sites (N-methyl/N-ethyl adjacent to an activating group) is 1. The summed E-state index contributed by atoms with van der Waals surface area (Å²) in [6, 6.07) is 0.480. The zero-order valence-electron chi connectivity index (χ0n) is 11.2. The molecule has 1 aromatic rings. The summed E-state index contributed by atoms with van der Waals surface area (Å²) >= 11 is 0. The van der Waals surface area contributed by atoms with Crippen LogP contribution in [-0.4, -0.2) is 47.6 Å². The van der Waals surface area contributed by atoms with Gasteiger partial charge in [0.25, 0.3) is 0 Å². The van der Waals surface area contributed by atoms with Crippen LogP contribution in [0, 0.1) is 6.92 Å². The van der Waals surface area contributed by atoms with E-state index in [1.807, 2.05) is 0 Å². The normalized spacial score (nSPS) is 24.0. The minimum Gasteiger partial charge on any atom is -0.350 e. The molecule has 1 atom stereocenters. The van der Waals surface area contributed by atoms with Crippen molar-refractivity contribution >= 4 is 5.95 Å². The maximum atomic E-state index is 4.70. The summed E-state index contributed by atoms with van der Waals surface area (Å²) in [6.07, 6.45) is 2.19. The zero-order chi connectivity index (χ0) is 12.5. The standard InChI is InChI=1S/C13H21N5/c1-9-11-8-18(2)6-4-12(11)17-13(15-9)16-10-3-5-14-7-10/h10,14H,3-8H2,1-2H3,(H,15,16,17). The van der Waals surface area contributed by atoms with Gasteiger partial charge >= 0.3 is 0 Å². The molecule has 0 saturated carbocycles. The van der Waals surface area contributed by atoms with Gasteiger partial charge in [0.15, 0.2) is 0 Å². The summed E-state index contributed by atoms with van der Waals surface area (Å²) in [5.74, 6) is 0.810. The molecule has 3 rings (SSSR count). The Morgan fingerprint density at radius 3 is 3.06 bits per heavy atom. The molecule has 5 nitrogen and oxygen atoms in total. The molecule has 0 bridgehead atoms. The molecular weight excluding hydrogens is 226 g/mol. The average Bonchev–Trinajstić information content (AvgIpc) is 2.83. The van der Waals surface area contributed by atoms with Crippen molar-refractivity contribution in [2.75, 3.05) is 32.0 Å². The van der Waals surface area contributed by atoms with Gasteiger partial charge in [0, 0.05) is 43.4 Å². The molecule has 0 spiro atoms. The van der Waals surface area contributed by atoms with Gasteiger partial charge in [0.2, 0.25) is 5.95 Å². The smallest absolute Gasteiger partial charge is 0.223 e. The Morgan fingerprint density at radius 2 is 2.28 bits per heavy atom. The van der Waals surface area contributed by atoms with Crippen molar-refractivity contribution in [3.8, 4) is 0 Å². The molecule has 1 fully saturated rings. The molecule has 5 heteroatoms. The number of fused-ring (bicyclic) bond motifs is 1. The molecule has 2 N–H and O–H groups in total. The lowest BCUT2D eigenvalue weighted by Crippen LogP contribution is -2.30. The number of aryl methyl sites for hydroxylation is 1. The summed E-state index contributed by atoms with van der Waals surface area (Å²) in [4.78, 5) is 11.6. The first kappa shape index (κ1) is 11.9. The highest BCUT2D eigenvalue weighted by Crippen LogP contribution is 2.20. The third kappa shape index (κ3) is 2.33. The first-order valence-corrected chi connectivity index (χ1v) is 6.74. The predicted molar refractivity (Wildman–Crippen MR) is 71.7 cm³/mol. The maximum Gasteiger partial charge on any atom is 0.223 e. The van der Waals surface area contributed by atoms with Crippen molar-refractivity contribution in [2.24, 2.45) is 0 Å². The van der Waals surface area contributed by atoms with E-state index in [2.05, 4.69) is 34.5 Å². The number of hydrogen-bond donors (Lipinski definition) is 2. The van der Waals surface area contributed by atoms with E-state index >= 15 is 0 Å². The van der Waals surface area contributed by atoms with Crippen LogP contribution in [0.5, 0.6) is 0 Å². The number of rotatable bonds is 2. The summed E-state index contributed by atoms with van der Waals surface area (Å²) in [7, 11) is 2.15. The highest BCUT2D eigenvalue weighted by atomic mass is 15.2. The summed E-state index contributed by atoms with van der Waals surface area (Å²) < 4.78 is 0. The Balaban J connectivity index is 1.82. The second kappa shape index (κ2) is 4.82. The Kier molecular flexibility index (Phi) is 3.18. The Bertz CT molecular complexity index is 439. The zero-order valence-corrected chi connectivity index (χ0v) is 11.2. The largest absolute Gasteiger partial charge is 0.350 e. The monoisotopic (exact) mass is 247 g/mol. The Hall–Kier alpha value is -1.20. The van der Waals surface area contributed by atoms with Crippen LogP contribution in [0.25, 0.3) is 0 Å². The van der Waals surface area contributed by atoms with E-state index in [-0.39, 0.29) is 0 Å². The third-order valence-corrected chi connectivity index (χ3v) is 3.85. The second-order valence-corrected chi connectivity index (χ2v) is 5.38. The fourth-order valence-corrected chi connectivity index (χ4v) is 2.74. The highest BCUT2D eigenvalue weighted by Gasteiger charge is 2.20. The van der Waals surface area contributed by atoms with Gasteiger partial charge in [-0.05, 0) is 26.9 Å². The molecule has 1 aromatic heterocycles. The SMILES string of the molecule is Cc1nc(NC2CCNC2)nc2c1CN(C)CC2. The second-order valence-electron chi connectivity index (χ2n) is 5.38. The van der Waals surface area contributed by atoms with Crippen LogP contribution >= 0.6 is 0 Å². The molecule has 3 heterocycles. The molecule has 0 radical (unpaired) electrons. The van der Waals surface area contributed by atoms with Crippen LogP contribution in [0.2, 0.25) is 0 Å². The Labute approximate surface area is 108 Å². The van der Waals surface area contributed by atoms with Gasteiger partial charge in [0.1, 0.15) is 0 Å². The van der Waals surface area contributed by atoms with Gasteiger partial charge in [-0.2, -0.15) is 0 Å². The average molecular weight is 247 g/mol. The minimum absolute atomic E-state index is 0.480. The Morgan fingerprint density at radius 1 is 1.39 bits per heavy atom. The topological polar surface area (TPSA) is 53.1 Å². The van der Waals surface area contributed by atoms with Crippen molar-refractivity contribution in [3.05, 3.63) is 17.0 Å². The van der Waals surface area contributed by atoms with Gasteiger partial charge in [-0.25, -0.2) is 9.97 Å². The molecule has 1 unspecified atom stereocenters. The van der Waals surface area contributed by atoms with E-state index in [9.17, 15) is 0 Å². The fraction of sp³-hybridized carbons (Fsp3) is 0.692. The van der Waals surface area contributed by atoms with Gasteiger partial charge in [-0.15, -0.1) is 0 Å². The molecule has 0 aliphatic carbocycles. The van der Waals surface area contributed by atoms with E-state index < -0.39 is 0 Å². The van der Waals surface area contributed by atoms with Crippen molar-refractivity contribution < 1.29 is 0 Å². The van der Waals surface area contributed by atoms with E-state index in [4.69, 9.17) is 4.98 Å². The van der Waals surface area contributed by atoms with Crippen molar-refractivity contribution in [3.63, 3.8) is 0 Å². The van der Waals surface area contributed by atoms with Gasteiger partial charge < -0.3 is 15.5 Å². The quantitative estimate of drug-likeness (QED) is 0.799. The van der Waals surface area contributed by atoms with Gasteiger partial charge in [0.05, 0.1) is 5.69 Å². The molecular formula is C13H21N5. The lowest BCUT2D eigenvalue weighted by atomic mass is 10.1. The number of aromatic nitrogens is 2. The first-order valence-electron chi connectivity index (χ1n) is 6.74. The van der Waals surface area contributed by atoms with E-state index in [0.29, 0.717) is 6.04 Å². The van der Waals surface area contributed by atoms with Crippen LogP contribution in [0.15, 0.2) is 0 Å². The molecule has 18 heavy (non-hydrogen) atoms. The highest BCUT2D eigenvalue weighted by molar-refractivity contribution is 5.36. The molecule has 0 aromatic carbocycles. The minimum atomic E-state index is 0.480. The van der Waals surface area contributed by atoms with E-state index in [1.54, 1.807) is 0 Å². The fourth-order valence-electron chi connectivity index (χ4n) is 2.74. The van der Waals surface area contributed by atoms with Crippen molar-refractivity contribution in [2.45, 2.75) is 32.4 Å². The molecule has 98 valence electrons. The number of hydrogen-bond acceptors (Lipinski definition) is 5. The van der Waals surface area contributed by atoms with Crippen LogP contribution in [0.4, 0.5) is 5.95 Å². The van der Waals surface area contributed by atoms with Crippen molar-refractivity contribution in [1.82, 2.24) is 20.2 Å². The molecule has 1 saturated heterocycles. The van der Waals surface area contributed by atoms with Gasteiger partial charge in [-0.1, -0.05) is 0 Å². The molecule has 0 amide bonds. The van der Waals surface area contributed by atoms with Crippen molar-refractivity contribution in [1.29, 1.82) is 0 Å². The summed E-state index contributed by atoms with van der Waals surface area (Å²) in [5, 5.41) is 6.80. The summed E-state index contributed by atoms with van der Waals surface area (Å²) in [6.45, 7) is 6.27. The van der Waals surface area contributed by atoms with Gasteiger partial charge in [-0.3, -0.25) is 0 Å². The van der Waals surface area contributed by atoms with E-state index in [0.717, 1.165) is 50.7 Å². The van der Waals surface area contributed by atoms with Crippen LogP contribution in [0.1, 0.15) is 23.4 Å². The molecule has 2 aliphatic rings. The number of nitrogens with one attached hydrogen (secondary N) is 2. The van der Waals surface area contributed by atoms with Crippen LogP contribution in [-0.2, 0) is 13.0 Å². The molecule has 2 aliphatic heterocycles. The lowest BCUT2D eigenvalue weighted by molar-refractivity contribution is 0.308. The number of nitrogens with zero attached hydrogens (tertiary/aromatic N) is 3. The van der Waals surface area contributed by atoms with E-state index in [1.165, 1.54) is 11.3 Å². The maximum absolute atomic E-state index is 4.70. The first-order chi connectivity index (χ1) is 8.72. The third-order valence-electron chi connectivity index (χ3n) is 3.85. The van der Waals surface area contributed by atoms with Crippen LogP contribution in [0.3, 0.4) is 0 Å². The number of anilines is 1.